The van der Waals surface area contributed by atoms with E-state index in [4.69, 9.17) is 0 Å². The molecule has 0 aliphatic rings. The van der Waals surface area contributed by atoms with Crippen molar-refractivity contribution in [3.8, 4) is 0 Å². The normalized spacial score (nSPS) is 12.6. The average Bonchev–Trinajstić information content (AvgIpc) is 2.82. The Balaban J connectivity index is 2.32. The number of fused-ring (bicyclic) bond motifs is 1. The van der Waals surface area contributed by atoms with Gasteiger partial charge in [0.05, 0.1) is 10.1 Å². The molecule has 20 heavy (non-hydrogen) atoms. The molecule has 8 heteroatoms. The number of thiophene rings is 1. The first-order chi connectivity index (χ1) is 9.24. The molecule has 2 N–H and O–H groups in total. The molecule has 0 unspecified atom stereocenters. The van der Waals surface area contributed by atoms with Crippen LogP contribution in [0.4, 0.5) is 11.8 Å². The summed E-state index contributed by atoms with van der Waals surface area (Å²) in [5, 5.41) is 8.87. The highest BCUT2D eigenvalue weighted by Crippen LogP contribution is 2.27. The third-order valence-corrected chi connectivity index (χ3v) is 6.19. The number of sulfone groups is 1. The highest BCUT2D eigenvalue weighted by molar-refractivity contribution is 7.92. The van der Waals surface area contributed by atoms with Crippen molar-refractivity contribution in [3.05, 3.63) is 11.4 Å². The number of nitrogens with zero attached hydrogens (tertiary/aromatic N) is 2. The van der Waals surface area contributed by atoms with E-state index >= 15 is 0 Å². The Bertz CT molecular complexity index is 722. The van der Waals surface area contributed by atoms with Crippen molar-refractivity contribution in [2.24, 2.45) is 0 Å². The van der Waals surface area contributed by atoms with Crippen LogP contribution < -0.4 is 10.6 Å². The largest absolute Gasteiger partial charge is 0.368 e. The quantitative estimate of drug-likeness (QED) is 0.878. The smallest absolute Gasteiger partial charge is 0.225 e. The summed E-state index contributed by atoms with van der Waals surface area (Å²) in [4.78, 5) is 9.57. The van der Waals surface area contributed by atoms with Gasteiger partial charge in [-0.3, -0.25) is 0 Å². The molecule has 0 radical (unpaired) electrons. The second-order valence-corrected chi connectivity index (χ2v) is 8.71. The molecule has 2 rings (SSSR count). The van der Waals surface area contributed by atoms with Gasteiger partial charge in [0, 0.05) is 19.8 Å². The van der Waals surface area contributed by atoms with Crippen LogP contribution in [-0.4, -0.2) is 43.0 Å². The molecule has 0 spiro atoms. The SMILES string of the molecule is CNc1nc(NCC(C)(C)S(C)(=O)=O)c2ccsc2n1. The van der Waals surface area contributed by atoms with E-state index in [1.807, 2.05) is 11.4 Å². The lowest BCUT2D eigenvalue weighted by molar-refractivity contribution is 0.559. The summed E-state index contributed by atoms with van der Waals surface area (Å²) >= 11 is 1.52. The van der Waals surface area contributed by atoms with Crippen molar-refractivity contribution in [3.63, 3.8) is 0 Å². The van der Waals surface area contributed by atoms with Crippen LogP contribution in [0.25, 0.3) is 10.2 Å². The lowest BCUT2D eigenvalue weighted by atomic mass is 10.2. The number of aromatic nitrogens is 2. The van der Waals surface area contributed by atoms with E-state index in [0.717, 1.165) is 10.2 Å². The highest BCUT2D eigenvalue weighted by atomic mass is 32.2. The van der Waals surface area contributed by atoms with E-state index in [9.17, 15) is 8.42 Å². The van der Waals surface area contributed by atoms with Crippen molar-refractivity contribution in [2.45, 2.75) is 18.6 Å². The minimum atomic E-state index is -3.15. The van der Waals surface area contributed by atoms with E-state index in [1.54, 1.807) is 20.9 Å². The first-order valence-corrected chi connectivity index (χ1v) is 8.88. The Morgan fingerprint density at radius 1 is 1.35 bits per heavy atom. The van der Waals surface area contributed by atoms with Gasteiger partial charge in [0.25, 0.3) is 0 Å². The monoisotopic (exact) mass is 314 g/mol. The van der Waals surface area contributed by atoms with Gasteiger partial charge in [-0.2, -0.15) is 4.98 Å². The van der Waals surface area contributed by atoms with Gasteiger partial charge in [0.1, 0.15) is 10.6 Å². The van der Waals surface area contributed by atoms with Crippen LogP contribution in [0, 0.1) is 0 Å². The predicted octanol–water partition coefficient (Wildman–Crippen LogP) is 1.97. The summed E-state index contributed by atoms with van der Waals surface area (Å²) in [6, 6.07) is 1.93. The average molecular weight is 314 g/mol. The number of nitrogens with one attached hydrogen (secondary N) is 2. The fourth-order valence-electron chi connectivity index (χ4n) is 1.53. The lowest BCUT2D eigenvalue weighted by Gasteiger charge is -2.23. The minimum absolute atomic E-state index is 0.289. The Morgan fingerprint density at radius 2 is 2.05 bits per heavy atom. The van der Waals surface area contributed by atoms with Gasteiger partial charge in [-0.15, -0.1) is 11.3 Å². The van der Waals surface area contributed by atoms with E-state index in [2.05, 4.69) is 20.6 Å². The zero-order valence-electron chi connectivity index (χ0n) is 11.9. The molecule has 0 atom stereocenters. The predicted molar refractivity (Wildman–Crippen MR) is 84.4 cm³/mol. The van der Waals surface area contributed by atoms with Crippen LogP contribution >= 0.6 is 11.3 Å². The molecule has 0 saturated carbocycles. The standard InChI is InChI=1S/C12H18N4O2S2/c1-12(2,20(4,17)18)7-14-9-8-5-6-19-10(8)16-11(13-3)15-9/h5-6H,7H2,1-4H3,(H2,13,14,15,16). The van der Waals surface area contributed by atoms with Crippen LogP contribution in [0.2, 0.25) is 0 Å². The molecule has 2 heterocycles. The number of rotatable bonds is 5. The fourth-order valence-corrected chi connectivity index (χ4v) is 2.63. The molecule has 110 valence electrons. The second kappa shape index (κ2) is 5.17. The van der Waals surface area contributed by atoms with Crippen molar-refractivity contribution in [1.82, 2.24) is 9.97 Å². The maximum absolute atomic E-state index is 11.7. The van der Waals surface area contributed by atoms with Crippen LogP contribution in [0.15, 0.2) is 11.4 Å². The minimum Gasteiger partial charge on any atom is -0.368 e. The van der Waals surface area contributed by atoms with Gasteiger partial charge in [-0.05, 0) is 25.3 Å². The summed E-state index contributed by atoms with van der Waals surface area (Å²) in [5.41, 5.74) is 0. The van der Waals surface area contributed by atoms with Crippen molar-refractivity contribution in [1.29, 1.82) is 0 Å². The van der Waals surface area contributed by atoms with E-state index in [1.165, 1.54) is 17.6 Å². The van der Waals surface area contributed by atoms with Crippen LogP contribution in [0.3, 0.4) is 0 Å². The first kappa shape index (κ1) is 15.0. The molecule has 0 saturated heterocycles. The molecule has 0 fully saturated rings. The molecule has 2 aromatic heterocycles. The molecule has 0 bridgehead atoms. The van der Waals surface area contributed by atoms with Gasteiger partial charge >= 0.3 is 0 Å². The van der Waals surface area contributed by atoms with Crippen molar-refractivity contribution in [2.75, 3.05) is 30.5 Å². The first-order valence-electron chi connectivity index (χ1n) is 6.11. The Hall–Kier alpha value is -1.41. The number of anilines is 2. The third-order valence-electron chi connectivity index (χ3n) is 3.23. The lowest BCUT2D eigenvalue weighted by Crippen LogP contribution is -2.38. The van der Waals surface area contributed by atoms with Gasteiger partial charge in [-0.25, -0.2) is 13.4 Å². The van der Waals surface area contributed by atoms with Gasteiger partial charge in [-0.1, -0.05) is 0 Å². The summed E-state index contributed by atoms with van der Waals surface area (Å²) in [6.45, 7) is 3.68. The van der Waals surface area contributed by atoms with Crippen LogP contribution in [-0.2, 0) is 9.84 Å². The van der Waals surface area contributed by atoms with E-state index in [0.29, 0.717) is 11.8 Å². The zero-order valence-corrected chi connectivity index (χ0v) is 13.5. The number of hydrogen-bond acceptors (Lipinski definition) is 7. The van der Waals surface area contributed by atoms with Crippen molar-refractivity contribution >= 4 is 43.2 Å². The molecular formula is C12H18N4O2S2. The molecule has 6 nitrogen and oxygen atoms in total. The highest BCUT2D eigenvalue weighted by Gasteiger charge is 2.30. The Labute approximate surface area is 122 Å². The second-order valence-electron chi connectivity index (χ2n) is 5.17. The Morgan fingerprint density at radius 3 is 2.65 bits per heavy atom. The van der Waals surface area contributed by atoms with E-state index < -0.39 is 14.6 Å². The zero-order chi connectivity index (χ0) is 15.0. The molecule has 0 aliphatic heterocycles. The molecular weight excluding hydrogens is 296 g/mol. The maximum atomic E-state index is 11.7. The fraction of sp³-hybridized carbons (Fsp3) is 0.500. The number of hydrogen-bond donors (Lipinski definition) is 2. The summed E-state index contributed by atoms with van der Waals surface area (Å²) in [5.74, 6) is 1.16. The van der Waals surface area contributed by atoms with Crippen LogP contribution in [0.5, 0.6) is 0 Å². The third kappa shape index (κ3) is 2.85. The maximum Gasteiger partial charge on any atom is 0.225 e. The molecule has 0 aliphatic carbocycles. The van der Waals surface area contributed by atoms with Gasteiger partial charge < -0.3 is 10.6 Å². The summed E-state index contributed by atoms with van der Waals surface area (Å²) < 4.78 is 22.6. The van der Waals surface area contributed by atoms with Gasteiger partial charge in [0.15, 0.2) is 9.84 Å². The Kier molecular flexibility index (Phi) is 3.88. The van der Waals surface area contributed by atoms with E-state index in [-0.39, 0.29) is 6.54 Å². The molecule has 0 aromatic carbocycles. The topological polar surface area (TPSA) is 84.0 Å². The van der Waals surface area contributed by atoms with Crippen LogP contribution in [0.1, 0.15) is 13.8 Å². The summed E-state index contributed by atoms with van der Waals surface area (Å²) in [6.07, 6.45) is 1.24. The molecule has 2 aromatic rings. The van der Waals surface area contributed by atoms with Gasteiger partial charge in [0.2, 0.25) is 5.95 Å². The van der Waals surface area contributed by atoms with Crippen molar-refractivity contribution < 1.29 is 8.42 Å². The summed E-state index contributed by atoms with van der Waals surface area (Å²) in [7, 11) is -1.40. The molecule has 0 amide bonds.